The topological polar surface area (TPSA) is 158 Å². The number of rotatable bonds is 8. The van der Waals surface area contributed by atoms with Gasteiger partial charge in [0.25, 0.3) is 0 Å². The number of ether oxygens (including phenoxy) is 2. The fraction of sp³-hybridized carbons (Fsp3) is 0.706. The van der Waals surface area contributed by atoms with Crippen LogP contribution in [-0.2, 0) is 11.3 Å². The molecular formula is C17H27N5O6. The van der Waals surface area contributed by atoms with Crippen molar-refractivity contribution in [3.63, 3.8) is 0 Å². The third-order valence-corrected chi connectivity index (χ3v) is 4.82. The van der Waals surface area contributed by atoms with Crippen molar-refractivity contribution in [2.45, 2.75) is 64.2 Å². The maximum atomic E-state index is 13.2. The average molecular weight is 397 g/mol. The number of aryl methyl sites for hydroxylation is 1. The van der Waals surface area contributed by atoms with E-state index >= 15 is 0 Å². The molecular weight excluding hydrogens is 370 g/mol. The quantitative estimate of drug-likeness (QED) is 0.426. The molecule has 0 bridgehead atoms. The van der Waals surface area contributed by atoms with E-state index in [4.69, 9.17) is 15.2 Å². The van der Waals surface area contributed by atoms with Gasteiger partial charge in [-0.05, 0) is 13.3 Å². The number of aromatic nitrogens is 4. The van der Waals surface area contributed by atoms with E-state index in [0.717, 1.165) is 23.8 Å². The van der Waals surface area contributed by atoms with Crippen LogP contribution in [0.5, 0.6) is 5.88 Å². The van der Waals surface area contributed by atoms with Crippen molar-refractivity contribution in [3.8, 4) is 5.88 Å². The van der Waals surface area contributed by atoms with E-state index in [1.165, 1.54) is 4.57 Å². The van der Waals surface area contributed by atoms with E-state index in [2.05, 4.69) is 16.9 Å². The van der Waals surface area contributed by atoms with Gasteiger partial charge in [0.15, 0.2) is 17.4 Å². The average Bonchev–Trinajstić information content (AvgIpc) is 3.09. The molecule has 0 amide bonds. The molecule has 11 nitrogen and oxygen atoms in total. The minimum atomic E-state index is -1.42. The van der Waals surface area contributed by atoms with Gasteiger partial charge in [-0.15, -0.1) is 0 Å². The Kier molecular flexibility index (Phi) is 6.18. The maximum absolute atomic E-state index is 13.2. The summed E-state index contributed by atoms with van der Waals surface area (Å²) in [4.78, 5) is 21.5. The summed E-state index contributed by atoms with van der Waals surface area (Å²) in [6.45, 7) is 4.05. The van der Waals surface area contributed by atoms with E-state index in [1.54, 1.807) is 6.92 Å². The van der Waals surface area contributed by atoms with Crippen molar-refractivity contribution in [2.24, 2.45) is 0 Å². The Balaban J connectivity index is 2.20. The Morgan fingerprint density at radius 1 is 1.21 bits per heavy atom. The highest BCUT2D eigenvalue weighted by Gasteiger charge is 2.45. The SMILES string of the molecule is CCCCCn1c(=O)n([C@@H]2O[C@H](CO)[C@@H](O)[C@H]2O)c2nc(N)nc(OCC)c21. The summed E-state index contributed by atoms with van der Waals surface area (Å²) < 4.78 is 13.7. The zero-order chi connectivity index (χ0) is 20.4. The Hall–Kier alpha value is -2.21. The minimum absolute atomic E-state index is 0.0952. The van der Waals surface area contributed by atoms with Crippen molar-refractivity contribution < 1.29 is 24.8 Å². The zero-order valence-corrected chi connectivity index (χ0v) is 16.0. The van der Waals surface area contributed by atoms with Gasteiger partial charge in [-0.3, -0.25) is 4.57 Å². The van der Waals surface area contributed by atoms with Crippen LogP contribution in [-0.4, -0.2) is 65.9 Å². The van der Waals surface area contributed by atoms with Crippen LogP contribution in [0.1, 0.15) is 39.3 Å². The first-order valence-electron chi connectivity index (χ1n) is 9.48. The molecule has 2 aromatic rings. The molecule has 1 saturated heterocycles. The van der Waals surface area contributed by atoms with Crippen LogP contribution in [0.2, 0.25) is 0 Å². The molecule has 0 aromatic carbocycles. The summed E-state index contributed by atoms with van der Waals surface area (Å²) in [7, 11) is 0. The van der Waals surface area contributed by atoms with E-state index in [0.29, 0.717) is 18.7 Å². The second-order valence-electron chi connectivity index (χ2n) is 6.73. The van der Waals surface area contributed by atoms with Crippen molar-refractivity contribution in [2.75, 3.05) is 18.9 Å². The Bertz CT molecular complexity index is 881. The lowest BCUT2D eigenvalue weighted by atomic mass is 10.1. The maximum Gasteiger partial charge on any atom is 0.332 e. The second kappa shape index (κ2) is 8.43. The number of fused-ring (bicyclic) bond motifs is 1. The number of nitrogens with zero attached hydrogens (tertiary/aromatic N) is 4. The van der Waals surface area contributed by atoms with E-state index in [9.17, 15) is 20.1 Å². The standard InChI is InChI=1S/C17H27N5O6/c1-3-5-6-7-21-10-13(19-16(18)20-14(10)27-4-2)22(17(21)26)15-12(25)11(24)9(8-23)28-15/h9,11-12,15,23-25H,3-8H2,1-2H3,(H2,18,19,20)/t9-,11-,12-,15-/m1/s1. The number of hydrogen-bond acceptors (Lipinski definition) is 9. The Morgan fingerprint density at radius 2 is 1.96 bits per heavy atom. The Morgan fingerprint density at radius 3 is 2.57 bits per heavy atom. The third-order valence-electron chi connectivity index (χ3n) is 4.82. The predicted octanol–water partition coefficient (Wildman–Crippen LogP) is -0.624. The van der Waals surface area contributed by atoms with E-state index < -0.39 is 36.8 Å². The van der Waals surface area contributed by atoms with Crippen LogP contribution >= 0.6 is 0 Å². The van der Waals surface area contributed by atoms with E-state index in [-0.39, 0.29) is 17.5 Å². The van der Waals surface area contributed by atoms with Gasteiger partial charge >= 0.3 is 5.69 Å². The molecule has 156 valence electrons. The summed E-state index contributed by atoms with van der Waals surface area (Å²) in [5.41, 5.74) is 5.82. The summed E-state index contributed by atoms with van der Waals surface area (Å²) in [6.07, 6.45) is -2.35. The third kappa shape index (κ3) is 3.46. The first-order valence-corrected chi connectivity index (χ1v) is 9.48. The molecule has 0 aliphatic carbocycles. The first kappa shape index (κ1) is 20.5. The fourth-order valence-corrected chi connectivity index (χ4v) is 3.45. The number of hydrogen-bond donors (Lipinski definition) is 4. The monoisotopic (exact) mass is 397 g/mol. The van der Waals surface area contributed by atoms with Crippen LogP contribution in [0.3, 0.4) is 0 Å². The fourth-order valence-electron chi connectivity index (χ4n) is 3.45. The van der Waals surface area contributed by atoms with Gasteiger partial charge in [0, 0.05) is 6.54 Å². The molecule has 3 rings (SSSR count). The normalized spacial score (nSPS) is 24.9. The molecule has 4 atom stereocenters. The van der Waals surface area contributed by atoms with Crippen LogP contribution in [0.4, 0.5) is 5.95 Å². The summed E-state index contributed by atoms with van der Waals surface area (Å²) in [5, 5.41) is 29.8. The summed E-state index contributed by atoms with van der Waals surface area (Å²) >= 11 is 0. The lowest BCUT2D eigenvalue weighted by molar-refractivity contribution is -0.0528. The highest BCUT2D eigenvalue weighted by molar-refractivity contribution is 5.78. The highest BCUT2D eigenvalue weighted by Crippen LogP contribution is 2.32. The van der Waals surface area contributed by atoms with Gasteiger partial charge in [-0.1, -0.05) is 19.8 Å². The summed E-state index contributed by atoms with van der Waals surface area (Å²) in [6, 6.07) is 0. The first-order chi connectivity index (χ1) is 13.4. The molecule has 1 aliphatic heterocycles. The number of nitrogens with two attached hydrogens (primary N) is 1. The number of unbranched alkanes of at least 4 members (excludes halogenated alkanes) is 2. The Labute approximate surface area is 161 Å². The van der Waals surface area contributed by atoms with Gasteiger partial charge in [-0.2, -0.15) is 9.97 Å². The van der Waals surface area contributed by atoms with Crippen molar-refractivity contribution in [1.82, 2.24) is 19.1 Å². The molecule has 5 N–H and O–H groups in total. The molecule has 0 radical (unpaired) electrons. The van der Waals surface area contributed by atoms with Gasteiger partial charge in [0.2, 0.25) is 11.8 Å². The van der Waals surface area contributed by atoms with Crippen molar-refractivity contribution in [1.29, 1.82) is 0 Å². The molecule has 1 aliphatic rings. The van der Waals surface area contributed by atoms with Gasteiger partial charge in [0.1, 0.15) is 18.3 Å². The molecule has 28 heavy (non-hydrogen) atoms. The van der Waals surface area contributed by atoms with E-state index in [1.807, 2.05) is 0 Å². The lowest BCUT2D eigenvalue weighted by Gasteiger charge is -2.16. The van der Waals surface area contributed by atoms with Gasteiger partial charge in [0.05, 0.1) is 13.2 Å². The highest BCUT2D eigenvalue weighted by atomic mass is 16.6. The predicted molar refractivity (Wildman–Crippen MR) is 99.9 cm³/mol. The minimum Gasteiger partial charge on any atom is -0.476 e. The van der Waals surface area contributed by atoms with Crippen LogP contribution < -0.4 is 16.2 Å². The lowest BCUT2D eigenvalue weighted by Crippen LogP contribution is -2.36. The molecule has 0 unspecified atom stereocenters. The molecule has 1 fully saturated rings. The smallest absolute Gasteiger partial charge is 0.332 e. The number of aliphatic hydroxyl groups is 3. The van der Waals surface area contributed by atoms with Crippen LogP contribution in [0.15, 0.2) is 4.79 Å². The number of imidazole rings is 1. The van der Waals surface area contributed by atoms with Crippen LogP contribution in [0.25, 0.3) is 11.2 Å². The molecule has 0 spiro atoms. The van der Waals surface area contributed by atoms with Crippen molar-refractivity contribution >= 4 is 17.1 Å². The molecule has 11 heteroatoms. The zero-order valence-electron chi connectivity index (χ0n) is 16.0. The largest absolute Gasteiger partial charge is 0.476 e. The molecule has 0 saturated carbocycles. The summed E-state index contributed by atoms with van der Waals surface area (Å²) in [5.74, 6) is 0.0752. The van der Waals surface area contributed by atoms with Gasteiger partial charge < -0.3 is 30.5 Å². The molecule has 3 heterocycles. The molecule has 2 aromatic heterocycles. The van der Waals surface area contributed by atoms with Gasteiger partial charge in [-0.25, -0.2) is 9.36 Å². The number of nitrogen functional groups attached to an aromatic ring is 1. The van der Waals surface area contributed by atoms with Crippen LogP contribution in [0, 0.1) is 0 Å². The number of aliphatic hydroxyl groups excluding tert-OH is 3. The number of anilines is 1. The second-order valence-corrected chi connectivity index (χ2v) is 6.73. The van der Waals surface area contributed by atoms with Crippen molar-refractivity contribution in [3.05, 3.63) is 10.5 Å².